The molecule has 0 aliphatic heterocycles. The number of halogens is 2. The molecule has 8 heteroatoms. The van der Waals surface area contributed by atoms with Crippen molar-refractivity contribution in [3.8, 4) is 5.75 Å². The van der Waals surface area contributed by atoms with Crippen LogP contribution in [-0.2, 0) is 13.8 Å². The zero-order valence-electron chi connectivity index (χ0n) is 10.7. The standard InChI is InChI=1S/C12H13Cl2NO4S/c1-15(8-2-3-8)12(16)7-19-11-5-4-9(6-10(11)13)20(14,17)18/h4-6,8H,2-3,7H2,1H3. The van der Waals surface area contributed by atoms with Crippen molar-refractivity contribution < 1.29 is 17.9 Å². The van der Waals surface area contributed by atoms with Gasteiger partial charge in [0, 0.05) is 23.8 Å². The molecular formula is C12H13Cl2NO4S. The lowest BCUT2D eigenvalue weighted by Gasteiger charge is -2.16. The molecule has 0 heterocycles. The molecule has 110 valence electrons. The summed E-state index contributed by atoms with van der Waals surface area (Å²) in [5, 5.41) is 0.0913. The minimum atomic E-state index is -3.83. The molecule has 0 unspecified atom stereocenters. The van der Waals surface area contributed by atoms with E-state index in [0.717, 1.165) is 12.8 Å². The van der Waals surface area contributed by atoms with Crippen LogP contribution in [0.3, 0.4) is 0 Å². The lowest BCUT2D eigenvalue weighted by Crippen LogP contribution is -2.33. The summed E-state index contributed by atoms with van der Waals surface area (Å²) < 4.78 is 27.6. The monoisotopic (exact) mass is 337 g/mol. The molecule has 0 aromatic heterocycles. The fourth-order valence-electron chi connectivity index (χ4n) is 1.66. The van der Waals surface area contributed by atoms with Gasteiger partial charge >= 0.3 is 0 Å². The molecule has 0 atom stereocenters. The molecule has 0 bridgehead atoms. The Morgan fingerprint density at radius 3 is 2.60 bits per heavy atom. The van der Waals surface area contributed by atoms with E-state index < -0.39 is 9.05 Å². The van der Waals surface area contributed by atoms with E-state index in [1.807, 2.05) is 0 Å². The van der Waals surface area contributed by atoms with Crippen LogP contribution in [0.1, 0.15) is 12.8 Å². The molecular weight excluding hydrogens is 325 g/mol. The molecule has 1 aliphatic carbocycles. The summed E-state index contributed by atoms with van der Waals surface area (Å²) in [6.07, 6.45) is 2.04. The van der Waals surface area contributed by atoms with E-state index in [1.54, 1.807) is 11.9 Å². The Hall–Kier alpha value is -0.980. The maximum atomic E-state index is 11.8. The summed E-state index contributed by atoms with van der Waals surface area (Å²) in [5.74, 6) is 0.103. The predicted octanol–water partition coefficient (Wildman–Crippen LogP) is 2.27. The van der Waals surface area contributed by atoms with Crippen molar-refractivity contribution in [3.05, 3.63) is 23.2 Å². The SMILES string of the molecule is CN(C(=O)COc1ccc(S(=O)(=O)Cl)cc1Cl)C1CC1. The summed E-state index contributed by atoms with van der Waals surface area (Å²) in [6.45, 7) is -0.139. The number of nitrogens with zero attached hydrogens (tertiary/aromatic N) is 1. The van der Waals surface area contributed by atoms with Crippen molar-refractivity contribution in [3.63, 3.8) is 0 Å². The largest absolute Gasteiger partial charge is 0.482 e. The number of hydrogen-bond acceptors (Lipinski definition) is 4. The molecule has 1 aromatic carbocycles. The Labute approximate surface area is 126 Å². The van der Waals surface area contributed by atoms with E-state index in [0.29, 0.717) is 6.04 Å². The topological polar surface area (TPSA) is 63.7 Å². The second kappa shape index (κ2) is 5.79. The number of benzene rings is 1. The summed E-state index contributed by atoms with van der Waals surface area (Å²) in [7, 11) is 3.10. The number of carbonyl (C=O) groups is 1. The quantitative estimate of drug-likeness (QED) is 0.773. The predicted molar refractivity (Wildman–Crippen MR) is 75.8 cm³/mol. The first kappa shape index (κ1) is 15.4. The zero-order chi connectivity index (χ0) is 14.9. The van der Waals surface area contributed by atoms with Gasteiger partial charge in [-0.25, -0.2) is 8.42 Å². The Kier molecular flexibility index (Phi) is 4.46. The average molecular weight is 338 g/mol. The van der Waals surface area contributed by atoms with Gasteiger partial charge in [-0.15, -0.1) is 0 Å². The Morgan fingerprint density at radius 2 is 2.10 bits per heavy atom. The summed E-state index contributed by atoms with van der Waals surface area (Å²) in [6, 6.07) is 4.15. The van der Waals surface area contributed by atoms with Crippen molar-refractivity contribution in [2.24, 2.45) is 0 Å². The van der Waals surface area contributed by atoms with E-state index in [9.17, 15) is 13.2 Å². The highest BCUT2D eigenvalue weighted by Crippen LogP contribution is 2.29. The Balaban J connectivity index is 2.01. The molecule has 1 saturated carbocycles. The van der Waals surface area contributed by atoms with Gasteiger partial charge in [0.1, 0.15) is 5.75 Å². The molecule has 1 amide bonds. The van der Waals surface area contributed by atoms with Crippen LogP contribution in [0.15, 0.2) is 23.1 Å². The van der Waals surface area contributed by atoms with Crippen LogP contribution in [0, 0.1) is 0 Å². The van der Waals surface area contributed by atoms with E-state index in [4.69, 9.17) is 27.0 Å². The second-order valence-corrected chi connectivity index (χ2v) is 7.53. The van der Waals surface area contributed by atoms with Gasteiger partial charge in [0.05, 0.1) is 9.92 Å². The van der Waals surface area contributed by atoms with Gasteiger partial charge in [0.15, 0.2) is 6.61 Å². The van der Waals surface area contributed by atoms with Crippen LogP contribution in [-0.4, -0.2) is 38.9 Å². The van der Waals surface area contributed by atoms with Gasteiger partial charge in [-0.2, -0.15) is 0 Å². The molecule has 0 radical (unpaired) electrons. The fourth-order valence-corrected chi connectivity index (χ4v) is 2.73. The molecule has 2 rings (SSSR count). The van der Waals surface area contributed by atoms with Crippen LogP contribution >= 0.6 is 22.3 Å². The summed E-state index contributed by atoms with van der Waals surface area (Å²) in [5.41, 5.74) is 0. The minimum absolute atomic E-state index is 0.0913. The van der Waals surface area contributed by atoms with Crippen molar-refractivity contribution in [1.29, 1.82) is 0 Å². The van der Waals surface area contributed by atoms with E-state index in [-0.39, 0.29) is 28.2 Å². The van der Waals surface area contributed by atoms with Crippen molar-refractivity contribution in [1.82, 2.24) is 4.90 Å². The van der Waals surface area contributed by atoms with Gasteiger partial charge in [-0.05, 0) is 31.0 Å². The lowest BCUT2D eigenvalue weighted by molar-refractivity contribution is -0.132. The number of carbonyl (C=O) groups excluding carboxylic acids is 1. The minimum Gasteiger partial charge on any atom is -0.482 e. The molecule has 5 nitrogen and oxygen atoms in total. The molecule has 1 aliphatic rings. The maximum absolute atomic E-state index is 11.8. The smallest absolute Gasteiger partial charge is 0.261 e. The highest BCUT2D eigenvalue weighted by atomic mass is 35.7. The van der Waals surface area contributed by atoms with Crippen LogP contribution in [0.5, 0.6) is 5.75 Å². The van der Waals surface area contributed by atoms with Gasteiger partial charge in [-0.3, -0.25) is 4.79 Å². The molecule has 1 aromatic rings. The summed E-state index contributed by atoms with van der Waals surface area (Å²) >= 11 is 5.90. The number of ether oxygens (including phenoxy) is 1. The highest BCUT2D eigenvalue weighted by molar-refractivity contribution is 8.13. The molecule has 0 spiro atoms. The van der Waals surface area contributed by atoms with Crippen LogP contribution in [0.25, 0.3) is 0 Å². The van der Waals surface area contributed by atoms with Gasteiger partial charge < -0.3 is 9.64 Å². The van der Waals surface area contributed by atoms with Crippen molar-refractivity contribution in [2.45, 2.75) is 23.8 Å². The average Bonchev–Trinajstić information content (AvgIpc) is 3.19. The number of likely N-dealkylation sites (N-methyl/N-ethyl adjacent to an activating group) is 1. The molecule has 0 saturated heterocycles. The van der Waals surface area contributed by atoms with E-state index in [1.165, 1.54) is 18.2 Å². The first-order valence-electron chi connectivity index (χ1n) is 5.91. The first-order chi connectivity index (χ1) is 9.29. The Bertz CT molecular complexity index is 628. The third-order valence-electron chi connectivity index (χ3n) is 3.02. The number of rotatable bonds is 5. The van der Waals surface area contributed by atoms with Crippen LogP contribution in [0.4, 0.5) is 0 Å². The lowest BCUT2D eigenvalue weighted by atomic mass is 10.3. The van der Waals surface area contributed by atoms with Gasteiger partial charge in [0.2, 0.25) is 0 Å². The second-order valence-electron chi connectivity index (χ2n) is 4.55. The Morgan fingerprint density at radius 1 is 1.45 bits per heavy atom. The fraction of sp³-hybridized carbons (Fsp3) is 0.417. The van der Waals surface area contributed by atoms with Crippen molar-refractivity contribution in [2.75, 3.05) is 13.7 Å². The van der Waals surface area contributed by atoms with E-state index in [2.05, 4.69) is 0 Å². The number of amides is 1. The molecule has 0 N–H and O–H groups in total. The number of hydrogen-bond donors (Lipinski definition) is 0. The van der Waals surface area contributed by atoms with Crippen molar-refractivity contribution >= 4 is 37.2 Å². The maximum Gasteiger partial charge on any atom is 0.261 e. The van der Waals surface area contributed by atoms with Crippen LogP contribution in [0.2, 0.25) is 5.02 Å². The van der Waals surface area contributed by atoms with E-state index >= 15 is 0 Å². The zero-order valence-corrected chi connectivity index (χ0v) is 13.0. The normalized spacial score (nSPS) is 14.9. The van der Waals surface area contributed by atoms with Gasteiger partial charge in [0.25, 0.3) is 15.0 Å². The molecule has 1 fully saturated rings. The molecule has 20 heavy (non-hydrogen) atoms. The van der Waals surface area contributed by atoms with Gasteiger partial charge in [-0.1, -0.05) is 11.6 Å². The highest BCUT2D eigenvalue weighted by Gasteiger charge is 2.29. The first-order valence-corrected chi connectivity index (χ1v) is 8.60. The third kappa shape index (κ3) is 3.77. The third-order valence-corrected chi connectivity index (χ3v) is 4.67. The summed E-state index contributed by atoms with van der Waals surface area (Å²) in [4.78, 5) is 13.3. The van der Waals surface area contributed by atoms with Crippen LogP contribution < -0.4 is 4.74 Å².